The topological polar surface area (TPSA) is 92.5 Å². The molecule has 1 rings (SSSR count). The summed E-state index contributed by atoms with van der Waals surface area (Å²) in [5.41, 5.74) is 5.95. The first-order valence-corrected chi connectivity index (χ1v) is 8.72. The largest absolute Gasteiger partial charge is 0.352 e. The molecule has 0 fully saturated rings. The van der Waals surface area contributed by atoms with Gasteiger partial charge >= 0.3 is 0 Å². The predicted octanol–water partition coefficient (Wildman–Crippen LogP) is 1.18. The number of carbonyl (C=O) groups excluding carboxylic acids is 1. The SMILES string of the molecule is CC(N)CCNC(=O)c1cccc(S(=O)(=O)N(C)C(C)C)c1. The van der Waals surface area contributed by atoms with E-state index >= 15 is 0 Å². The number of nitrogens with zero attached hydrogens (tertiary/aromatic N) is 1. The van der Waals surface area contributed by atoms with E-state index in [4.69, 9.17) is 5.73 Å². The number of benzene rings is 1. The lowest BCUT2D eigenvalue weighted by atomic mass is 10.2. The molecule has 1 atom stereocenters. The Kier molecular flexibility index (Phi) is 6.52. The second kappa shape index (κ2) is 7.71. The van der Waals surface area contributed by atoms with Gasteiger partial charge in [-0.25, -0.2) is 8.42 Å². The second-order valence-corrected chi connectivity index (χ2v) is 7.66. The fourth-order valence-electron chi connectivity index (χ4n) is 1.76. The maximum absolute atomic E-state index is 12.4. The van der Waals surface area contributed by atoms with E-state index in [1.54, 1.807) is 26.0 Å². The van der Waals surface area contributed by atoms with Crippen molar-refractivity contribution < 1.29 is 13.2 Å². The summed E-state index contributed by atoms with van der Waals surface area (Å²) in [4.78, 5) is 12.2. The van der Waals surface area contributed by atoms with Crippen LogP contribution in [0.1, 0.15) is 37.6 Å². The molecule has 0 aliphatic heterocycles. The Balaban J connectivity index is 2.93. The molecular weight excluding hydrogens is 302 g/mol. The summed E-state index contributed by atoms with van der Waals surface area (Å²) >= 11 is 0. The Morgan fingerprint density at radius 1 is 1.32 bits per heavy atom. The summed E-state index contributed by atoms with van der Waals surface area (Å²) < 4.78 is 26.1. The Bertz CT molecular complexity index is 612. The van der Waals surface area contributed by atoms with Crippen molar-refractivity contribution in [2.45, 2.75) is 44.2 Å². The number of nitrogens with two attached hydrogens (primary N) is 1. The number of rotatable bonds is 7. The predicted molar refractivity (Wildman–Crippen MR) is 87.1 cm³/mol. The molecule has 0 aliphatic rings. The van der Waals surface area contributed by atoms with Crippen LogP contribution in [-0.2, 0) is 10.0 Å². The monoisotopic (exact) mass is 327 g/mol. The molecule has 0 aliphatic carbocycles. The second-order valence-electron chi connectivity index (χ2n) is 5.66. The number of nitrogens with one attached hydrogen (secondary N) is 1. The smallest absolute Gasteiger partial charge is 0.251 e. The van der Waals surface area contributed by atoms with E-state index in [2.05, 4.69) is 5.32 Å². The van der Waals surface area contributed by atoms with Crippen LogP contribution in [0.2, 0.25) is 0 Å². The molecule has 1 aromatic rings. The molecule has 7 heteroatoms. The van der Waals surface area contributed by atoms with Gasteiger partial charge in [0.05, 0.1) is 4.90 Å². The van der Waals surface area contributed by atoms with Crippen LogP contribution in [0.4, 0.5) is 0 Å². The van der Waals surface area contributed by atoms with E-state index in [9.17, 15) is 13.2 Å². The quantitative estimate of drug-likeness (QED) is 0.786. The molecule has 1 aromatic carbocycles. The van der Waals surface area contributed by atoms with Gasteiger partial charge in [0, 0.05) is 31.2 Å². The highest BCUT2D eigenvalue weighted by Crippen LogP contribution is 2.17. The van der Waals surface area contributed by atoms with Crippen molar-refractivity contribution in [3.8, 4) is 0 Å². The molecule has 1 unspecified atom stereocenters. The number of amides is 1. The molecule has 0 bridgehead atoms. The number of carbonyl (C=O) groups is 1. The normalized spacial score (nSPS) is 13.4. The molecular formula is C15H25N3O3S. The summed E-state index contributed by atoms with van der Waals surface area (Å²) in [5.74, 6) is -0.301. The van der Waals surface area contributed by atoms with Gasteiger partial charge < -0.3 is 11.1 Å². The van der Waals surface area contributed by atoms with Gasteiger partial charge in [-0.05, 0) is 45.4 Å². The average molecular weight is 327 g/mol. The first-order chi connectivity index (χ1) is 10.2. The van der Waals surface area contributed by atoms with Gasteiger partial charge in [-0.3, -0.25) is 4.79 Å². The number of sulfonamides is 1. The van der Waals surface area contributed by atoms with Crippen molar-refractivity contribution in [1.29, 1.82) is 0 Å². The van der Waals surface area contributed by atoms with Crippen LogP contribution in [0.25, 0.3) is 0 Å². The van der Waals surface area contributed by atoms with Crippen LogP contribution in [0.5, 0.6) is 0 Å². The summed E-state index contributed by atoms with van der Waals surface area (Å²) in [6, 6.07) is 5.90. The van der Waals surface area contributed by atoms with Gasteiger partial charge in [0.2, 0.25) is 10.0 Å². The fraction of sp³-hybridized carbons (Fsp3) is 0.533. The minimum absolute atomic E-state index is 0.00621. The van der Waals surface area contributed by atoms with E-state index in [-0.39, 0.29) is 22.9 Å². The molecule has 1 amide bonds. The van der Waals surface area contributed by atoms with E-state index < -0.39 is 10.0 Å². The lowest BCUT2D eigenvalue weighted by molar-refractivity contribution is 0.0952. The lowest BCUT2D eigenvalue weighted by Gasteiger charge is -2.21. The highest BCUT2D eigenvalue weighted by molar-refractivity contribution is 7.89. The van der Waals surface area contributed by atoms with Crippen LogP contribution in [0.15, 0.2) is 29.2 Å². The first kappa shape index (κ1) is 18.6. The van der Waals surface area contributed by atoms with Crippen molar-refractivity contribution in [2.75, 3.05) is 13.6 Å². The molecule has 0 heterocycles. The van der Waals surface area contributed by atoms with Gasteiger partial charge in [0.25, 0.3) is 5.91 Å². The summed E-state index contributed by atoms with van der Waals surface area (Å²) in [6.07, 6.45) is 0.666. The van der Waals surface area contributed by atoms with Gasteiger partial charge in [-0.2, -0.15) is 4.31 Å². The van der Waals surface area contributed by atoms with Crippen molar-refractivity contribution in [3.05, 3.63) is 29.8 Å². The Hall–Kier alpha value is -1.44. The van der Waals surface area contributed by atoms with Crippen LogP contribution >= 0.6 is 0 Å². The summed E-state index contributed by atoms with van der Waals surface area (Å²) in [5, 5.41) is 2.73. The fourth-order valence-corrected chi connectivity index (χ4v) is 3.17. The van der Waals surface area contributed by atoms with Crippen molar-refractivity contribution in [1.82, 2.24) is 9.62 Å². The zero-order valence-corrected chi connectivity index (χ0v) is 14.4. The molecule has 0 saturated heterocycles. The lowest BCUT2D eigenvalue weighted by Crippen LogP contribution is -2.33. The van der Waals surface area contributed by atoms with Crippen molar-refractivity contribution >= 4 is 15.9 Å². The zero-order chi connectivity index (χ0) is 16.9. The molecule has 0 spiro atoms. The van der Waals surface area contributed by atoms with Crippen LogP contribution < -0.4 is 11.1 Å². The molecule has 0 aromatic heterocycles. The Morgan fingerprint density at radius 2 is 1.95 bits per heavy atom. The molecule has 0 saturated carbocycles. The molecule has 124 valence electrons. The minimum Gasteiger partial charge on any atom is -0.352 e. The number of hydrogen-bond acceptors (Lipinski definition) is 4. The molecule has 3 N–H and O–H groups in total. The third-order valence-corrected chi connectivity index (χ3v) is 5.42. The third-order valence-electron chi connectivity index (χ3n) is 3.39. The highest BCUT2D eigenvalue weighted by Gasteiger charge is 2.23. The van der Waals surface area contributed by atoms with E-state index in [0.717, 1.165) is 0 Å². The van der Waals surface area contributed by atoms with Gasteiger partial charge in [-0.1, -0.05) is 6.07 Å². The van der Waals surface area contributed by atoms with E-state index in [1.807, 2.05) is 6.92 Å². The molecule has 22 heavy (non-hydrogen) atoms. The Labute approximate surface area is 132 Å². The van der Waals surface area contributed by atoms with E-state index in [0.29, 0.717) is 18.5 Å². The van der Waals surface area contributed by atoms with Gasteiger partial charge in [-0.15, -0.1) is 0 Å². The van der Waals surface area contributed by atoms with Crippen LogP contribution in [0.3, 0.4) is 0 Å². The minimum atomic E-state index is -3.59. The maximum atomic E-state index is 12.4. The standard InChI is InChI=1S/C15H25N3O3S/c1-11(2)18(4)22(20,21)14-7-5-6-13(10-14)15(19)17-9-8-12(3)16/h5-7,10-12H,8-9,16H2,1-4H3,(H,17,19). The zero-order valence-electron chi connectivity index (χ0n) is 13.5. The summed E-state index contributed by atoms with van der Waals surface area (Å²) in [6.45, 7) is 5.91. The first-order valence-electron chi connectivity index (χ1n) is 7.28. The van der Waals surface area contributed by atoms with E-state index in [1.165, 1.54) is 23.5 Å². The maximum Gasteiger partial charge on any atom is 0.251 e. The van der Waals surface area contributed by atoms with Crippen LogP contribution in [-0.4, -0.2) is 44.3 Å². The molecule has 0 radical (unpaired) electrons. The van der Waals surface area contributed by atoms with Gasteiger partial charge in [0.15, 0.2) is 0 Å². The Morgan fingerprint density at radius 3 is 2.50 bits per heavy atom. The number of hydrogen-bond donors (Lipinski definition) is 2. The molecule has 6 nitrogen and oxygen atoms in total. The van der Waals surface area contributed by atoms with Crippen molar-refractivity contribution in [2.24, 2.45) is 5.73 Å². The highest BCUT2D eigenvalue weighted by atomic mass is 32.2. The van der Waals surface area contributed by atoms with Gasteiger partial charge in [0.1, 0.15) is 0 Å². The average Bonchev–Trinajstić information content (AvgIpc) is 2.45. The van der Waals surface area contributed by atoms with Crippen LogP contribution in [0, 0.1) is 0 Å². The third kappa shape index (κ3) is 4.79. The van der Waals surface area contributed by atoms with Crippen molar-refractivity contribution in [3.63, 3.8) is 0 Å². The summed E-state index contributed by atoms with van der Waals surface area (Å²) in [7, 11) is -2.07.